The Morgan fingerprint density at radius 2 is 2.19 bits per heavy atom. The Balaban J connectivity index is 2.09. The molecule has 0 spiro atoms. The van der Waals surface area contributed by atoms with Crippen molar-refractivity contribution in [3.63, 3.8) is 0 Å². The smallest absolute Gasteiger partial charge is 0.175 e. The van der Waals surface area contributed by atoms with Gasteiger partial charge in [0.05, 0.1) is 17.2 Å². The van der Waals surface area contributed by atoms with Crippen molar-refractivity contribution < 1.29 is 14.2 Å². The van der Waals surface area contributed by atoms with Gasteiger partial charge < -0.3 is 19.5 Å². The first-order valence-electron chi connectivity index (χ1n) is 7.65. The van der Waals surface area contributed by atoms with Crippen LogP contribution in [0.15, 0.2) is 16.6 Å². The van der Waals surface area contributed by atoms with Crippen LogP contribution in [0.1, 0.15) is 32.3 Å². The van der Waals surface area contributed by atoms with Gasteiger partial charge in [0.15, 0.2) is 11.5 Å². The van der Waals surface area contributed by atoms with Crippen molar-refractivity contribution in [2.24, 2.45) is 0 Å². The summed E-state index contributed by atoms with van der Waals surface area (Å²) in [6, 6.07) is 4.12. The maximum Gasteiger partial charge on any atom is 0.175 e. The third-order valence-corrected chi connectivity index (χ3v) is 3.97. The molecular weight excluding hydrogens is 334 g/mol. The molecule has 1 aliphatic heterocycles. The summed E-state index contributed by atoms with van der Waals surface area (Å²) >= 11 is 3.60. The molecule has 1 aliphatic rings. The highest BCUT2D eigenvalue weighted by Crippen LogP contribution is 2.37. The van der Waals surface area contributed by atoms with E-state index in [-0.39, 0.29) is 6.10 Å². The van der Waals surface area contributed by atoms with E-state index >= 15 is 0 Å². The van der Waals surface area contributed by atoms with Gasteiger partial charge in [0.25, 0.3) is 0 Å². The van der Waals surface area contributed by atoms with Crippen LogP contribution in [0.3, 0.4) is 0 Å². The molecule has 0 saturated carbocycles. The number of nitrogens with one attached hydrogen (secondary N) is 1. The van der Waals surface area contributed by atoms with Gasteiger partial charge in [-0.3, -0.25) is 0 Å². The second-order valence-corrected chi connectivity index (χ2v) is 5.92. The topological polar surface area (TPSA) is 39.7 Å². The van der Waals surface area contributed by atoms with E-state index in [1.807, 2.05) is 13.0 Å². The fourth-order valence-corrected chi connectivity index (χ4v) is 2.95. The number of halogens is 1. The summed E-state index contributed by atoms with van der Waals surface area (Å²) in [4.78, 5) is 0. The number of hydrogen-bond donors (Lipinski definition) is 1. The molecule has 1 aromatic rings. The van der Waals surface area contributed by atoms with E-state index in [2.05, 4.69) is 34.2 Å². The molecule has 118 valence electrons. The van der Waals surface area contributed by atoms with Gasteiger partial charge in [0.1, 0.15) is 6.61 Å². The molecule has 0 radical (unpaired) electrons. The van der Waals surface area contributed by atoms with Crippen molar-refractivity contribution in [2.45, 2.75) is 39.3 Å². The van der Waals surface area contributed by atoms with Crippen LogP contribution in [0.25, 0.3) is 0 Å². The lowest BCUT2D eigenvalue weighted by atomic mass is 10.2. The van der Waals surface area contributed by atoms with Crippen molar-refractivity contribution in [1.82, 2.24) is 5.32 Å². The monoisotopic (exact) mass is 357 g/mol. The van der Waals surface area contributed by atoms with Gasteiger partial charge in [-0.05, 0) is 59.9 Å². The van der Waals surface area contributed by atoms with Crippen molar-refractivity contribution in [1.29, 1.82) is 0 Å². The summed E-state index contributed by atoms with van der Waals surface area (Å²) in [5, 5.41) is 3.32. The highest BCUT2D eigenvalue weighted by atomic mass is 79.9. The predicted octanol–water partition coefficient (Wildman–Crippen LogP) is 3.52. The fraction of sp³-hybridized carbons (Fsp3) is 0.625. The molecule has 0 aliphatic carbocycles. The van der Waals surface area contributed by atoms with Crippen LogP contribution < -0.4 is 14.8 Å². The molecular formula is C16H24BrNO3. The normalized spacial score (nSPS) is 18.0. The minimum Gasteiger partial charge on any atom is -0.490 e. The third-order valence-electron chi connectivity index (χ3n) is 3.39. The second kappa shape index (κ2) is 8.61. The van der Waals surface area contributed by atoms with Crippen LogP contribution in [0.2, 0.25) is 0 Å². The Morgan fingerprint density at radius 1 is 1.33 bits per heavy atom. The highest BCUT2D eigenvalue weighted by molar-refractivity contribution is 9.10. The van der Waals surface area contributed by atoms with E-state index in [0.717, 1.165) is 48.5 Å². The Bertz CT molecular complexity index is 447. The molecule has 0 amide bonds. The lowest BCUT2D eigenvalue weighted by molar-refractivity contribution is 0.0664. The Morgan fingerprint density at radius 3 is 2.86 bits per heavy atom. The maximum absolute atomic E-state index is 5.95. The molecule has 1 saturated heterocycles. The fourth-order valence-electron chi connectivity index (χ4n) is 2.35. The quantitative estimate of drug-likeness (QED) is 0.772. The highest BCUT2D eigenvalue weighted by Gasteiger charge is 2.19. The first-order chi connectivity index (χ1) is 10.2. The zero-order chi connectivity index (χ0) is 15.1. The van der Waals surface area contributed by atoms with Crippen LogP contribution >= 0.6 is 15.9 Å². The lowest BCUT2D eigenvalue weighted by Crippen LogP contribution is -2.17. The molecule has 1 heterocycles. The van der Waals surface area contributed by atoms with E-state index in [9.17, 15) is 0 Å². The van der Waals surface area contributed by atoms with Gasteiger partial charge in [0, 0.05) is 13.2 Å². The van der Waals surface area contributed by atoms with Crippen LogP contribution in [-0.2, 0) is 11.3 Å². The zero-order valence-corrected chi connectivity index (χ0v) is 14.4. The SMILES string of the molecule is CCNCc1cc(Br)c(OCC2CCCO2)c(OCC)c1. The largest absolute Gasteiger partial charge is 0.490 e. The summed E-state index contributed by atoms with van der Waals surface area (Å²) in [7, 11) is 0. The second-order valence-electron chi connectivity index (χ2n) is 5.06. The lowest BCUT2D eigenvalue weighted by Gasteiger charge is -2.17. The molecule has 0 aromatic heterocycles. The standard InChI is InChI=1S/C16H24BrNO3/c1-3-18-10-12-8-14(17)16(15(9-12)19-4-2)21-11-13-6-5-7-20-13/h8-9,13,18H,3-7,10-11H2,1-2H3. The van der Waals surface area contributed by atoms with Crippen molar-refractivity contribution in [3.8, 4) is 11.5 Å². The molecule has 1 fully saturated rings. The van der Waals surface area contributed by atoms with E-state index in [0.29, 0.717) is 13.2 Å². The van der Waals surface area contributed by atoms with Crippen LogP contribution in [0.5, 0.6) is 11.5 Å². The zero-order valence-electron chi connectivity index (χ0n) is 12.8. The minimum atomic E-state index is 0.202. The number of benzene rings is 1. The molecule has 2 rings (SSSR count). The molecule has 1 N–H and O–H groups in total. The molecule has 1 aromatic carbocycles. The van der Waals surface area contributed by atoms with Gasteiger partial charge >= 0.3 is 0 Å². The summed E-state index contributed by atoms with van der Waals surface area (Å²) in [5.74, 6) is 1.56. The average Bonchev–Trinajstić information content (AvgIpc) is 2.98. The average molecular weight is 358 g/mol. The first-order valence-corrected chi connectivity index (χ1v) is 8.44. The number of ether oxygens (including phenoxy) is 3. The van der Waals surface area contributed by atoms with Crippen LogP contribution in [0.4, 0.5) is 0 Å². The molecule has 1 atom stereocenters. The minimum absolute atomic E-state index is 0.202. The van der Waals surface area contributed by atoms with Crippen molar-refractivity contribution in [3.05, 3.63) is 22.2 Å². The van der Waals surface area contributed by atoms with Gasteiger partial charge in [-0.2, -0.15) is 0 Å². The summed E-state index contributed by atoms with van der Waals surface area (Å²) in [6.45, 7) is 7.88. The summed E-state index contributed by atoms with van der Waals surface area (Å²) in [6.07, 6.45) is 2.39. The van der Waals surface area contributed by atoms with Crippen LogP contribution in [-0.4, -0.2) is 32.5 Å². The molecule has 5 heteroatoms. The predicted molar refractivity (Wildman–Crippen MR) is 87.2 cm³/mol. The molecule has 1 unspecified atom stereocenters. The van der Waals surface area contributed by atoms with E-state index in [4.69, 9.17) is 14.2 Å². The molecule has 4 nitrogen and oxygen atoms in total. The first kappa shape index (κ1) is 16.6. The number of hydrogen-bond acceptors (Lipinski definition) is 4. The third kappa shape index (κ3) is 4.87. The van der Waals surface area contributed by atoms with E-state index in [1.54, 1.807) is 0 Å². The van der Waals surface area contributed by atoms with Crippen molar-refractivity contribution >= 4 is 15.9 Å². The maximum atomic E-state index is 5.95. The van der Waals surface area contributed by atoms with Crippen molar-refractivity contribution in [2.75, 3.05) is 26.4 Å². The number of rotatable bonds is 8. The Labute approximate surface area is 135 Å². The molecule has 21 heavy (non-hydrogen) atoms. The van der Waals surface area contributed by atoms with Gasteiger partial charge in [-0.1, -0.05) is 6.92 Å². The Kier molecular flexibility index (Phi) is 6.80. The molecule has 0 bridgehead atoms. The summed E-state index contributed by atoms with van der Waals surface area (Å²) in [5.41, 5.74) is 1.18. The van der Waals surface area contributed by atoms with E-state index < -0.39 is 0 Å². The van der Waals surface area contributed by atoms with E-state index in [1.165, 1.54) is 5.56 Å². The van der Waals surface area contributed by atoms with Gasteiger partial charge in [-0.15, -0.1) is 0 Å². The van der Waals surface area contributed by atoms with Crippen LogP contribution in [0, 0.1) is 0 Å². The van der Waals surface area contributed by atoms with Gasteiger partial charge in [0.2, 0.25) is 0 Å². The Hall–Kier alpha value is -0.780. The van der Waals surface area contributed by atoms with Gasteiger partial charge in [-0.25, -0.2) is 0 Å². The summed E-state index contributed by atoms with van der Waals surface area (Å²) < 4.78 is 18.2.